The van der Waals surface area contributed by atoms with Crippen LogP contribution in [0.25, 0.3) is 0 Å². The molecule has 0 saturated heterocycles. The molecule has 2 atom stereocenters. The first-order chi connectivity index (χ1) is 9.88. The van der Waals surface area contributed by atoms with E-state index >= 15 is 0 Å². The van der Waals surface area contributed by atoms with Crippen molar-refractivity contribution in [1.82, 2.24) is 0 Å². The van der Waals surface area contributed by atoms with Gasteiger partial charge in [-0.3, -0.25) is 0 Å². The van der Waals surface area contributed by atoms with E-state index in [4.69, 9.17) is 0 Å². The molecule has 2 aliphatic heterocycles. The third-order valence-electron chi connectivity index (χ3n) is 2.64. The highest BCUT2D eigenvalue weighted by Crippen LogP contribution is 2.56. The van der Waals surface area contributed by atoms with Crippen molar-refractivity contribution in [2.45, 2.75) is 9.79 Å². The van der Waals surface area contributed by atoms with Crippen LogP contribution in [-0.4, -0.2) is 0 Å². The number of fused-ring (bicyclic) bond motifs is 2. The van der Waals surface area contributed by atoms with E-state index in [9.17, 15) is 0 Å². The normalized spacial score (nSPS) is 22.8. The lowest BCUT2D eigenvalue weighted by Crippen LogP contribution is -1.99. The third-order valence-corrected chi connectivity index (χ3v) is 17.4. The van der Waals surface area contributed by atoms with Crippen LogP contribution in [0, 0.1) is 0 Å². The smallest absolute Gasteiger partial charge is 0.182 e. The van der Waals surface area contributed by atoms with Gasteiger partial charge in [-0.05, 0) is 24.3 Å². The monoisotopic (exact) mass is 374 g/mol. The Morgan fingerprint density at radius 3 is 1.60 bits per heavy atom. The minimum absolute atomic E-state index is 0.115. The standard InChI is InChI=1S/C12H10N2S6/c1-3-7-11-9(5-1)13-19(15-11)17-18-20-14-10-6-2-4-8-12(10)16-20/h1-8,13-14H/q+2. The van der Waals surface area contributed by atoms with E-state index in [1.165, 1.54) is 21.2 Å². The van der Waals surface area contributed by atoms with Crippen LogP contribution in [0.3, 0.4) is 0 Å². The largest absolute Gasteiger partial charge is 0.267 e. The van der Waals surface area contributed by atoms with Gasteiger partial charge in [-0.25, -0.2) is 0 Å². The van der Waals surface area contributed by atoms with Gasteiger partial charge in [-0.1, -0.05) is 24.3 Å². The van der Waals surface area contributed by atoms with E-state index in [1.54, 1.807) is 0 Å². The molecule has 0 spiro atoms. The lowest BCUT2D eigenvalue weighted by Gasteiger charge is -1.93. The lowest BCUT2D eigenvalue weighted by atomic mass is 10.3. The Morgan fingerprint density at radius 2 is 1.15 bits per heavy atom. The maximum absolute atomic E-state index is 3.58. The number of hydrogen-bond donors (Lipinski definition) is 2. The van der Waals surface area contributed by atoms with Crippen molar-refractivity contribution < 1.29 is 0 Å². The topological polar surface area (TPSA) is 24.1 Å². The van der Waals surface area contributed by atoms with Crippen molar-refractivity contribution in [3.63, 3.8) is 0 Å². The number of anilines is 2. The van der Waals surface area contributed by atoms with Crippen LogP contribution in [0.4, 0.5) is 11.4 Å². The highest BCUT2D eigenvalue weighted by Gasteiger charge is 2.43. The zero-order chi connectivity index (χ0) is 13.4. The second-order valence-electron chi connectivity index (χ2n) is 3.97. The molecule has 0 fully saturated rings. The van der Waals surface area contributed by atoms with Crippen LogP contribution in [0.5, 0.6) is 0 Å². The van der Waals surface area contributed by atoms with Gasteiger partial charge in [0.25, 0.3) is 37.9 Å². The number of para-hydroxylation sites is 2. The van der Waals surface area contributed by atoms with Gasteiger partial charge in [-0.15, -0.1) is 0 Å². The summed E-state index contributed by atoms with van der Waals surface area (Å²) in [5.74, 6) is 0. The van der Waals surface area contributed by atoms with E-state index in [0.29, 0.717) is 0 Å². The SMILES string of the molecule is c1ccc2c(c1)N[S+](SS[S+]1Nc3ccccc3S1)S2. The first-order valence-corrected chi connectivity index (χ1v) is 14.1. The highest BCUT2D eigenvalue weighted by atomic mass is 33.9. The molecule has 0 saturated carbocycles. The fourth-order valence-corrected chi connectivity index (χ4v) is 19.0. The maximum atomic E-state index is 3.58. The molecule has 0 aliphatic carbocycles. The molecule has 2 aromatic carbocycles. The van der Waals surface area contributed by atoms with Crippen LogP contribution in [0.2, 0.25) is 0 Å². The molecular formula is C12H10N2S6+2. The molecule has 2 nitrogen and oxygen atoms in total. The van der Waals surface area contributed by atoms with Gasteiger partial charge in [0.2, 0.25) is 0 Å². The van der Waals surface area contributed by atoms with Gasteiger partial charge in [0.1, 0.15) is 11.4 Å². The molecule has 0 bridgehead atoms. The Hall–Kier alpha value is 0.140. The summed E-state index contributed by atoms with van der Waals surface area (Å²) in [6.07, 6.45) is 0. The third kappa shape index (κ3) is 2.86. The molecule has 8 heteroatoms. The first kappa shape index (κ1) is 13.8. The van der Waals surface area contributed by atoms with Crippen LogP contribution >= 0.6 is 41.2 Å². The Bertz CT molecular complexity index is 531. The molecule has 0 radical (unpaired) electrons. The average molecular weight is 375 g/mol. The van der Waals surface area contributed by atoms with Crippen LogP contribution in [-0.2, 0) is 18.3 Å². The number of hydrogen-bond acceptors (Lipinski definition) is 6. The van der Waals surface area contributed by atoms with Crippen molar-refractivity contribution >= 4 is 70.9 Å². The number of benzene rings is 2. The second-order valence-corrected chi connectivity index (χ2v) is 16.3. The van der Waals surface area contributed by atoms with E-state index in [0.717, 1.165) is 0 Å². The second kappa shape index (κ2) is 6.10. The fraction of sp³-hybridized carbons (Fsp3) is 0. The molecule has 102 valence electrons. The Morgan fingerprint density at radius 1 is 0.700 bits per heavy atom. The average Bonchev–Trinajstić information content (AvgIpc) is 3.07. The predicted molar refractivity (Wildman–Crippen MR) is 102 cm³/mol. The summed E-state index contributed by atoms with van der Waals surface area (Å²) in [5.41, 5.74) is 2.54. The highest BCUT2D eigenvalue weighted by molar-refractivity contribution is 9.39. The number of nitrogens with one attached hydrogen (secondary N) is 2. The summed E-state index contributed by atoms with van der Waals surface area (Å²) in [6, 6.07) is 17.1. The summed E-state index contributed by atoms with van der Waals surface area (Å²) in [4.78, 5) is 2.73. The molecule has 2 heterocycles. The molecule has 2 aliphatic rings. The molecule has 2 aromatic rings. The zero-order valence-corrected chi connectivity index (χ0v) is 15.0. The summed E-state index contributed by atoms with van der Waals surface area (Å²) in [5, 5.41) is 0. The summed E-state index contributed by atoms with van der Waals surface area (Å²) < 4.78 is 7.16. The Labute approximate surface area is 138 Å². The minimum Gasteiger partial charge on any atom is -0.182 e. The van der Waals surface area contributed by atoms with Gasteiger partial charge in [0.15, 0.2) is 21.6 Å². The van der Waals surface area contributed by atoms with Crippen molar-refractivity contribution in [3.8, 4) is 0 Å². The summed E-state index contributed by atoms with van der Waals surface area (Å²) in [7, 11) is 7.96. The van der Waals surface area contributed by atoms with E-state index < -0.39 is 0 Å². The number of rotatable bonds is 3. The van der Waals surface area contributed by atoms with Crippen molar-refractivity contribution in [2.75, 3.05) is 9.44 Å². The summed E-state index contributed by atoms with van der Waals surface area (Å²) in [6.45, 7) is 0. The minimum atomic E-state index is 0.115. The van der Waals surface area contributed by atoms with Crippen LogP contribution in [0.15, 0.2) is 58.3 Å². The van der Waals surface area contributed by atoms with Crippen molar-refractivity contribution in [3.05, 3.63) is 48.5 Å². The Kier molecular flexibility index (Phi) is 4.20. The molecule has 2 unspecified atom stereocenters. The van der Waals surface area contributed by atoms with Crippen LogP contribution < -0.4 is 9.44 Å². The molecule has 2 N–H and O–H groups in total. The quantitative estimate of drug-likeness (QED) is 0.541. The molecule has 0 amide bonds. The van der Waals surface area contributed by atoms with Gasteiger partial charge >= 0.3 is 0 Å². The molecule has 0 aromatic heterocycles. The van der Waals surface area contributed by atoms with Gasteiger partial charge < -0.3 is 0 Å². The lowest BCUT2D eigenvalue weighted by molar-refractivity contribution is 1.48. The predicted octanol–water partition coefficient (Wildman–Crippen LogP) is 5.53. The van der Waals surface area contributed by atoms with Gasteiger partial charge in [0.05, 0.1) is 9.79 Å². The fourth-order valence-electron chi connectivity index (χ4n) is 1.74. The first-order valence-electron chi connectivity index (χ1n) is 5.80. The van der Waals surface area contributed by atoms with Crippen LogP contribution in [0.1, 0.15) is 0 Å². The van der Waals surface area contributed by atoms with E-state index in [-0.39, 0.29) is 18.3 Å². The Balaban J connectivity index is 1.33. The molecular weight excluding hydrogens is 365 g/mol. The van der Waals surface area contributed by atoms with Crippen molar-refractivity contribution in [1.29, 1.82) is 0 Å². The van der Waals surface area contributed by atoms with Crippen molar-refractivity contribution in [2.24, 2.45) is 0 Å². The van der Waals surface area contributed by atoms with Gasteiger partial charge in [0, 0.05) is 0 Å². The molecule has 20 heavy (non-hydrogen) atoms. The maximum Gasteiger partial charge on any atom is 0.267 e. The summed E-state index contributed by atoms with van der Waals surface area (Å²) >= 11 is 0. The van der Waals surface area contributed by atoms with E-state index in [1.807, 2.05) is 41.2 Å². The molecule has 4 rings (SSSR count). The van der Waals surface area contributed by atoms with E-state index in [2.05, 4.69) is 58.0 Å². The zero-order valence-electron chi connectivity index (χ0n) is 10.1. The van der Waals surface area contributed by atoms with Gasteiger partial charge in [-0.2, -0.15) is 9.44 Å².